The van der Waals surface area contributed by atoms with Crippen molar-refractivity contribution in [2.24, 2.45) is 11.8 Å². The summed E-state index contributed by atoms with van der Waals surface area (Å²) in [6, 6.07) is 16.0. The number of aryl methyl sites for hydroxylation is 1. The molecule has 0 spiro atoms. The third kappa shape index (κ3) is 8.99. The predicted octanol–water partition coefficient (Wildman–Crippen LogP) is 3.78. The number of nitrogens with zero attached hydrogens (tertiary/aromatic N) is 2. The standard InChI is InChI=1S/C34H43N3O9S/c1-22(2)18-37(47(41,42)27-11-12-30(38)23(3)16-27)19-31(39)29(36-34(40)46-32-21-45-33-28(32)13-15-43-33)17-24-7-9-26(10-8-24)44-20-25-6-4-5-14-35-25/h4-12,14,16,22,28-29,31-33,38-39H,13,15,17-21H2,1-3H3,(H,36,40)/t28?,29-,31?,32?,33?/m0/s1. The number of aromatic hydroxyl groups is 1. The van der Waals surface area contributed by atoms with Crippen LogP contribution >= 0.6 is 0 Å². The summed E-state index contributed by atoms with van der Waals surface area (Å²) in [4.78, 5) is 17.5. The maximum absolute atomic E-state index is 13.8. The number of fused-ring (bicyclic) bond motifs is 1. The minimum atomic E-state index is -4.06. The highest BCUT2D eigenvalue weighted by Gasteiger charge is 2.44. The number of nitrogens with one attached hydrogen (secondary N) is 1. The van der Waals surface area contributed by atoms with Crippen molar-refractivity contribution in [1.29, 1.82) is 0 Å². The third-order valence-corrected chi connectivity index (χ3v) is 10.1. The van der Waals surface area contributed by atoms with Gasteiger partial charge in [-0.15, -0.1) is 0 Å². The van der Waals surface area contributed by atoms with Crippen molar-refractivity contribution in [3.8, 4) is 11.5 Å². The number of aliphatic hydroxyl groups excluding tert-OH is 1. The van der Waals surface area contributed by atoms with E-state index >= 15 is 0 Å². The summed E-state index contributed by atoms with van der Waals surface area (Å²) < 4.78 is 51.5. The van der Waals surface area contributed by atoms with Gasteiger partial charge in [-0.25, -0.2) is 13.2 Å². The molecule has 5 rings (SSSR count). The Morgan fingerprint density at radius 1 is 1.11 bits per heavy atom. The van der Waals surface area contributed by atoms with Gasteiger partial charge in [0.25, 0.3) is 0 Å². The van der Waals surface area contributed by atoms with Gasteiger partial charge in [-0.1, -0.05) is 32.0 Å². The van der Waals surface area contributed by atoms with Gasteiger partial charge < -0.3 is 34.5 Å². The number of benzene rings is 2. The maximum atomic E-state index is 13.8. The van der Waals surface area contributed by atoms with Gasteiger partial charge in [0.15, 0.2) is 6.29 Å². The summed E-state index contributed by atoms with van der Waals surface area (Å²) >= 11 is 0. The van der Waals surface area contributed by atoms with Crippen LogP contribution in [0.25, 0.3) is 0 Å². The second kappa shape index (κ2) is 15.4. The zero-order valence-electron chi connectivity index (χ0n) is 26.8. The number of amides is 1. The number of sulfonamides is 1. The Kier molecular flexibility index (Phi) is 11.4. The largest absolute Gasteiger partial charge is 0.508 e. The zero-order chi connectivity index (χ0) is 33.6. The fourth-order valence-electron chi connectivity index (χ4n) is 5.72. The van der Waals surface area contributed by atoms with Crippen LogP contribution in [0.5, 0.6) is 11.5 Å². The molecule has 2 aromatic carbocycles. The first kappa shape index (κ1) is 34.6. The first-order valence-corrected chi connectivity index (χ1v) is 17.2. The van der Waals surface area contributed by atoms with Crippen LogP contribution in [0.4, 0.5) is 4.79 Å². The zero-order valence-corrected chi connectivity index (χ0v) is 27.6. The average Bonchev–Trinajstić information content (AvgIpc) is 3.67. The molecule has 2 aliphatic rings. The van der Waals surface area contributed by atoms with Crippen LogP contribution in [0.3, 0.4) is 0 Å². The Morgan fingerprint density at radius 2 is 1.89 bits per heavy atom. The van der Waals surface area contributed by atoms with Crippen LogP contribution in [0.2, 0.25) is 0 Å². The minimum Gasteiger partial charge on any atom is -0.508 e. The average molecular weight is 670 g/mol. The molecule has 3 aromatic rings. The number of hydrogen-bond donors (Lipinski definition) is 3. The van der Waals surface area contributed by atoms with Crippen molar-refractivity contribution < 1.29 is 42.4 Å². The highest BCUT2D eigenvalue weighted by Crippen LogP contribution is 2.33. The van der Waals surface area contributed by atoms with Crippen LogP contribution in [0.15, 0.2) is 71.8 Å². The number of ether oxygens (including phenoxy) is 4. The molecule has 0 bridgehead atoms. The number of carbonyl (C=O) groups excluding carboxylic acids is 1. The Hall–Kier alpha value is -3.75. The number of aromatic nitrogens is 1. The lowest BCUT2D eigenvalue weighted by Crippen LogP contribution is -2.51. The Morgan fingerprint density at radius 3 is 2.60 bits per heavy atom. The van der Waals surface area contributed by atoms with Crippen LogP contribution in [-0.4, -0.2) is 84.9 Å². The number of aliphatic hydroxyl groups is 1. The van der Waals surface area contributed by atoms with Crippen molar-refractivity contribution in [2.45, 2.75) is 69.7 Å². The second-order valence-electron chi connectivity index (χ2n) is 12.4. The van der Waals surface area contributed by atoms with Gasteiger partial charge in [-0.3, -0.25) is 4.98 Å². The van der Waals surface area contributed by atoms with E-state index in [9.17, 15) is 23.4 Å². The van der Waals surface area contributed by atoms with Gasteiger partial charge in [0.2, 0.25) is 10.0 Å². The Bertz CT molecular complexity index is 1590. The van der Waals surface area contributed by atoms with E-state index in [0.29, 0.717) is 30.9 Å². The Balaban J connectivity index is 1.32. The van der Waals surface area contributed by atoms with Crippen LogP contribution in [-0.2, 0) is 37.3 Å². The fourth-order valence-corrected chi connectivity index (χ4v) is 7.43. The maximum Gasteiger partial charge on any atom is 0.407 e. The number of phenolic OH excluding ortho intramolecular Hbond substituents is 1. The molecule has 1 amide bonds. The highest BCUT2D eigenvalue weighted by atomic mass is 32.2. The molecule has 2 saturated heterocycles. The quantitative estimate of drug-likeness (QED) is 0.231. The number of carbonyl (C=O) groups is 1. The van der Waals surface area contributed by atoms with E-state index < -0.39 is 40.7 Å². The predicted molar refractivity (Wildman–Crippen MR) is 172 cm³/mol. The number of alkyl carbamates (subject to hydrolysis) is 1. The number of pyridine rings is 1. The summed E-state index contributed by atoms with van der Waals surface area (Å²) in [5, 5.41) is 24.4. The van der Waals surface area contributed by atoms with E-state index in [0.717, 1.165) is 11.3 Å². The molecule has 0 radical (unpaired) electrons. The molecule has 2 fully saturated rings. The minimum absolute atomic E-state index is 0.000399. The molecular weight excluding hydrogens is 626 g/mol. The molecule has 13 heteroatoms. The molecule has 0 saturated carbocycles. The van der Waals surface area contributed by atoms with Gasteiger partial charge in [-0.2, -0.15) is 4.31 Å². The molecule has 2 aliphatic heterocycles. The Labute approximate surface area is 275 Å². The van der Waals surface area contributed by atoms with Gasteiger partial charge in [0.1, 0.15) is 24.2 Å². The fraction of sp³-hybridized carbons (Fsp3) is 0.471. The van der Waals surface area contributed by atoms with Crippen molar-refractivity contribution in [3.05, 3.63) is 83.7 Å². The smallest absolute Gasteiger partial charge is 0.407 e. The monoisotopic (exact) mass is 669 g/mol. The molecule has 0 aliphatic carbocycles. The van der Waals surface area contributed by atoms with Gasteiger partial charge >= 0.3 is 6.09 Å². The van der Waals surface area contributed by atoms with E-state index in [1.54, 1.807) is 25.3 Å². The summed E-state index contributed by atoms with van der Waals surface area (Å²) in [6.45, 7) is 6.25. The lowest BCUT2D eigenvalue weighted by atomic mass is 10.0. The van der Waals surface area contributed by atoms with E-state index in [2.05, 4.69) is 10.3 Å². The van der Waals surface area contributed by atoms with E-state index in [1.165, 1.54) is 22.5 Å². The molecule has 47 heavy (non-hydrogen) atoms. The number of rotatable bonds is 14. The first-order valence-electron chi connectivity index (χ1n) is 15.8. The summed E-state index contributed by atoms with van der Waals surface area (Å²) in [7, 11) is -4.06. The van der Waals surface area contributed by atoms with Gasteiger partial charge in [0, 0.05) is 19.3 Å². The van der Waals surface area contributed by atoms with Crippen molar-refractivity contribution >= 4 is 16.1 Å². The summed E-state index contributed by atoms with van der Waals surface area (Å²) in [5.41, 5.74) is 1.98. The summed E-state index contributed by atoms with van der Waals surface area (Å²) in [5.74, 6) is 0.479. The van der Waals surface area contributed by atoms with E-state index in [1.807, 2.05) is 44.2 Å². The van der Waals surface area contributed by atoms with Crippen molar-refractivity contribution in [1.82, 2.24) is 14.6 Å². The molecule has 5 atom stereocenters. The van der Waals surface area contributed by atoms with E-state index in [4.69, 9.17) is 18.9 Å². The normalized spacial score (nSPS) is 20.6. The molecule has 3 N–H and O–H groups in total. The second-order valence-corrected chi connectivity index (χ2v) is 14.3. The molecule has 254 valence electrons. The van der Waals surface area contributed by atoms with Gasteiger partial charge in [-0.05, 0) is 79.3 Å². The lowest BCUT2D eigenvalue weighted by Gasteiger charge is -2.31. The first-order chi connectivity index (χ1) is 22.5. The number of hydrogen-bond acceptors (Lipinski definition) is 10. The van der Waals surface area contributed by atoms with E-state index in [-0.39, 0.29) is 48.6 Å². The van der Waals surface area contributed by atoms with Crippen LogP contribution in [0.1, 0.15) is 37.1 Å². The van der Waals surface area contributed by atoms with Crippen molar-refractivity contribution in [3.63, 3.8) is 0 Å². The molecule has 3 heterocycles. The van der Waals surface area contributed by atoms with Crippen LogP contribution < -0.4 is 10.1 Å². The van der Waals surface area contributed by atoms with Gasteiger partial charge in [0.05, 0.1) is 41.9 Å². The number of phenols is 1. The SMILES string of the molecule is Cc1cc(S(=O)(=O)N(CC(C)C)CC(O)[C@H](Cc2ccc(OCc3ccccn3)cc2)NC(=O)OC2COC3OCCC23)ccc1O. The highest BCUT2D eigenvalue weighted by molar-refractivity contribution is 7.89. The van der Waals surface area contributed by atoms with Crippen molar-refractivity contribution in [2.75, 3.05) is 26.3 Å². The molecule has 1 aromatic heterocycles. The summed E-state index contributed by atoms with van der Waals surface area (Å²) in [6.07, 6.45) is -0.347. The topological polar surface area (TPSA) is 157 Å². The lowest BCUT2D eigenvalue weighted by molar-refractivity contribution is -0.0907. The molecule has 12 nitrogen and oxygen atoms in total. The third-order valence-electron chi connectivity index (χ3n) is 8.27. The van der Waals surface area contributed by atoms with Crippen LogP contribution in [0, 0.1) is 18.8 Å². The molecular formula is C34H43N3O9S. The molecule has 4 unspecified atom stereocenters.